The van der Waals surface area contributed by atoms with Gasteiger partial charge < -0.3 is 15.3 Å². The molecular formula is C14H14ClNO4. The molecule has 20 heavy (non-hydrogen) atoms. The highest BCUT2D eigenvalue weighted by molar-refractivity contribution is 5.85. The van der Waals surface area contributed by atoms with E-state index in [1.807, 2.05) is 0 Å². The predicted octanol–water partition coefficient (Wildman–Crippen LogP) is 2.14. The number of hydrogen-bond acceptors (Lipinski definition) is 4. The molecule has 0 unspecified atom stereocenters. The number of aliphatic carboxylic acids is 1. The second kappa shape index (κ2) is 6.88. The van der Waals surface area contributed by atoms with Crippen LogP contribution in [-0.2, 0) is 11.2 Å². The summed E-state index contributed by atoms with van der Waals surface area (Å²) in [5.41, 5.74) is 7.12. The first kappa shape index (κ1) is 15.9. The van der Waals surface area contributed by atoms with Gasteiger partial charge >= 0.3 is 5.97 Å². The summed E-state index contributed by atoms with van der Waals surface area (Å²) in [6.07, 6.45) is 0.914. The number of furan rings is 1. The zero-order valence-electron chi connectivity index (χ0n) is 10.5. The number of benzene rings is 1. The van der Waals surface area contributed by atoms with E-state index in [9.17, 15) is 9.59 Å². The van der Waals surface area contributed by atoms with Crippen LogP contribution in [0.15, 0.2) is 40.8 Å². The number of carboxylic acids is 1. The van der Waals surface area contributed by atoms with Crippen molar-refractivity contribution in [3.8, 4) is 11.3 Å². The lowest BCUT2D eigenvalue weighted by molar-refractivity contribution is -0.138. The fraction of sp³-hybridized carbons (Fsp3) is 0.143. The Morgan fingerprint density at radius 3 is 2.40 bits per heavy atom. The van der Waals surface area contributed by atoms with Crippen molar-refractivity contribution in [3.63, 3.8) is 0 Å². The first-order chi connectivity index (χ1) is 9.10. The smallest absolute Gasteiger partial charge is 0.320 e. The van der Waals surface area contributed by atoms with E-state index in [1.165, 1.54) is 0 Å². The van der Waals surface area contributed by atoms with Gasteiger partial charge in [0.25, 0.3) is 0 Å². The summed E-state index contributed by atoms with van der Waals surface area (Å²) in [6, 6.07) is 9.59. The van der Waals surface area contributed by atoms with Gasteiger partial charge in [0.05, 0.1) is 0 Å². The Balaban J connectivity index is 0.00000200. The van der Waals surface area contributed by atoms with Crippen LogP contribution >= 0.6 is 12.4 Å². The van der Waals surface area contributed by atoms with Crippen LogP contribution in [0.3, 0.4) is 0 Å². The minimum atomic E-state index is -1.02. The van der Waals surface area contributed by atoms with Crippen molar-refractivity contribution in [1.82, 2.24) is 0 Å². The highest BCUT2D eigenvalue weighted by Crippen LogP contribution is 2.22. The summed E-state index contributed by atoms with van der Waals surface area (Å²) in [7, 11) is 0. The second-order valence-corrected chi connectivity index (χ2v) is 4.17. The zero-order valence-corrected chi connectivity index (χ0v) is 11.3. The Labute approximate surface area is 121 Å². The Kier molecular flexibility index (Phi) is 5.49. The molecule has 2 aromatic rings. The molecule has 0 aliphatic rings. The SMILES string of the molecule is Cl.N[C@@H](Cc1ccc(-c2ccc(C=O)o2)cc1)C(=O)O. The Hall–Kier alpha value is -2.11. The molecule has 0 aliphatic carbocycles. The van der Waals surface area contributed by atoms with Gasteiger partial charge in [-0.1, -0.05) is 24.3 Å². The summed E-state index contributed by atoms with van der Waals surface area (Å²) in [6.45, 7) is 0. The van der Waals surface area contributed by atoms with Crippen LogP contribution in [0.4, 0.5) is 0 Å². The molecule has 0 spiro atoms. The van der Waals surface area contributed by atoms with E-state index in [-0.39, 0.29) is 24.6 Å². The van der Waals surface area contributed by atoms with Gasteiger partial charge in [-0.15, -0.1) is 12.4 Å². The van der Waals surface area contributed by atoms with E-state index in [4.69, 9.17) is 15.3 Å². The lowest BCUT2D eigenvalue weighted by atomic mass is 10.0. The van der Waals surface area contributed by atoms with Crippen molar-refractivity contribution in [2.24, 2.45) is 5.73 Å². The molecule has 0 fully saturated rings. The van der Waals surface area contributed by atoms with E-state index in [1.54, 1.807) is 36.4 Å². The topological polar surface area (TPSA) is 93.5 Å². The van der Waals surface area contributed by atoms with Crippen molar-refractivity contribution in [2.75, 3.05) is 0 Å². The van der Waals surface area contributed by atoms with Gasteiger partial charge in [0.1, 0.15) is 11.8 Å². The molecule has 0 bridgehead atoms. The number of hydrogen-bond donors (Lipinski definition) is 2. The van der Waals surface area contributed by atoms with Crippen molar-refractivity contribution in [1.29, 1.82) is 0 Å². The first-order valence-electron chi connectivity index (χ1n) is 5.73. The lowest BCUT2D eigenvalue weighted by Crippen LogP contribution is -2.32. The number of halogens is 1. The highest BCUT2D eigenvalue weighted by atomic mass is 35.5. The van der Waals surface area contributed by atoms with Gasteiger partial charge in [-0.3, -0.25) is 9.59 Å². The van der Waals surface area contributed by atoms with E-state index in [2.05, 4.69) is 0 Å². The highest BCUT2D eigenvalue weighted by Gasteiger charge is 2.12. The summed E-state index contributed by atoms with van der Waals surface area (Å²) in [5.74, 6) is -0.158. The van der Waals surface area contributed by atoms with Crippen LogP contribution in [0.5, 0.6) is 0 Å². The third-order valence-electron chi connectivity index (χ3n) is 2.75. The molecule has 0 aliphatic heterocycles. The van der Waals surface area contributed by atoms with Gasteiger partial charge in [0.2, 0.25) is 0 Å². The molecule has 2 rings (SSSR count). The molecule has 5 nitrogen and oxygen atoms in total. The maximum atomic E-state index is 10.7. The van der Waals surface area contributed by atoms with Crippen LogP contribution in [0.1, 0.15) is 16.1 Å². The van der Waals surface area contributed by atoms with Gasteiger partial charge in [-0.05, 0) is 24.1 Å². The largest absolute Gasteiger partial charge is 0.480 e. The average Bonchev–Trinajstić information content (AvgIpc) is 2.88. The normalized spacial score (nSPS) is 11.4. The quantitative estimate of drug-likeness (QED) is 0.824. The van der Waals surface area contributed by atoms with Crippen LogP contribution < -0.4 is 5.73 Å². The summed E-state index contributed by atoms with van der Waals surface area (Å²) in [5, 5.41) is 8.73. The second-order valence-electron chi connectivity index (χ2n) is 4.17. The van der Waals surface area contributed by atoms with Crippen molar-refractivity contribution < 1.29 is 19.1 Å². The van der Waals surface area contributed by atoms with Gasteiger partial charge in [0.15, 0.2) is 12.0 Å². The van der Waals surface area contributed by atoms with Gasteiger partial charge in [-0.2, -0.15) is 0 Å². The molecule has 0 amide bonds. The fourth-order valence-corrected chi connectivity index (χ4v) is 1.72. The maximum absolute atomic E-state index is 10.7. The molecule has 1 aromatic heterocycles. The first-order valence-corrected chi connectivity index (χ1v) is 5.73. The zero-order chi connectivity index (χ0) is 13.8. The average molecular weight is 296 g/mol. The Morgan fingerprint density at radius 2 is 1.90 bits per heavy atom. The van der Waals surface area contributed by atoms with Crippen LogP contribution in [0.2, 0.25) is 0 Å². The number of carbonyl (C=O) groups is 2. The minimum Gasteiger partial charge on any atom is -0.480 e. The van der Waals surface area contributed by atoms with E-state index in [0.29, 0.717) is 12.0 Å². The molecule has 0 radical (unpaired) electrons. The molecule has 106 valence electrons. The monoisotopic (exact) mass is 295 g/mol. The number of nitrogens with two attached hydrogens (primary N) is 1. The molecule has 3 N–H and O–H groups in total. The number of carbonyl (C=O) groups excluding carboxylic acids is 1. The summed E-state index contributed by atoms with van der Waals surface area (Å²) in [4.78, 5) is 21.2. The standard InChI is InChI=1S/C14H13NO4.ClH/c15-12(14(17)18)7-9-1-3-10(4-2-9)13-6-5-11(8-16)19-13;/h1-6,8,12H,7,15H2,(H,17,18);1H/t12-;/m0./s1. The number of aldehydes is 1. The minimum absolute atomic E-state index is 0. The van der Waals surface area contributed by atoms with Crippen molar-refractivity contribution >= 4 is 24.7 Å². The molecule has 1 atom stereocenters. The summed E-state index contributed by atoms with van der Waals surface area (Å²) >= 11 is 0. The molecule has 0 saturated carbocycles. The van der Waals surface area contributed by atoms with E-state index in [0.717, 1.165) is 11.1 Å². The molecule has 1 aromatic carbocycles. The van der Waals surface area contributed by atoms with Crippen LogP contribution in [-0.4, -0.2) is 23.4 Å². The van der Waals surface area contributed by atoms with Gasteiger partial charge in [-0.25, -0.2) is 0 Å². The van der Waals surface area contributed by atoms with Crippen LogP contribution in [0.25, 0.3) is 11.3 Å². The lowest BCUT2D eigenvalue weighted by Gasteiger charge is -2.06. The predicted molar refractivity (Wildman–Crippen MR) is 76.1 cm³/mol. The number of carboxylic acid groups (broad SMARTS) is 1. The third-order valence-corrected chi connectivity index (χ3v) is 2.75. The Bertz CT molecular complexity index is 591. The molecule has 6 heteroatoms. The molecule has 1 heterocycles. The number of rotatable bonds is 5. The van der Waals surface area contributed by atoms with Crippen LogP contribution in [0, 0.1) is 0 Å². The molecule has 0 saturated heterocycles. The maximum Gasteiger partial charge on any atom is 0.320 e. The van der Waals surface area contributed by atoms with E-state index < -0.39 is 12.0 Å². The summed E-state index contributed by atoms with van der Waals surface area (Å²) < 4.78 is 5.29. The third kappa shape index (κ3) is 3.69. The Morgan fingerprint density at radius 1 is 1.25 bits per heavy atom. The van der Waals surface area contributed by atoms with Crippen molar-refractivity contribution in [2.45, 2.75) is 12.5 Å². The van der Waals surface area contributed by atoms with E-state index >= 15 is 0 Å². The fourth-order valence-electron chi connectivity index (χ4n) is 1.72. The van der Waals surface area contributed by atoms with Gasteiger partial charge in [0, 0.05) is 5.56 Å². The van der Waals surface area contributed by atoms with Crippen molar-refractivity contribution in [3.05, 3.63) is 47.7 Å². The molecular weight excluding hydrogens is 282 g/mol.